The van der Waals surface area contributed by atoms with Crippen molar-refractivity contribution in [1.29, 1.82) is 0 Å². The van der Waals surface area contributed by atoms with Gasteiger partial charge in [-0.05, 0) is 18.3 Å². The van der Waals surface area contributed by atoms with Crippen LogP contribution in [0.3, 0.4) is 0 Å². The lowest BCUT2D eigenvalue weighted by Gasteiger charge is -2.21. The second kappa shape index (κ2) is 5.51. The van der Waals surface area contributed by atoms with Gasteiger partial charge in [0.15, 0.2) is 0 Å². The van der Waals surface area contributed by atoms with Crippen molar-refractivity contribution in [1.82, 2.24) is 0 Å². The summed E-state index contributed by atoms with van der Waals surface area (Å²) in [5.74, 6) is 0.616. The Kier molecular flexibility index (Phi) is 5.42. The van der Waals surface area contributed by atoms with Gasteiger partial charge in [-0.3, -0.25) is 0 Å². The van der Waals surface area contributed by atoms with Gasteiger partial charge in [-0.15, -0.1) is 0 Å². The first kappa shape index (κ1) is 12.8. The van der Waals surface area contributed by atoms with Gasteiger partial charge in [0.1, 0.15) is 0 Å². The lowest BCUT2D eigenvalue weighted by atomic mass is 9.88. The first-order valence-corrected chi connectivity index (χ1v) is 4.73. The zero-order valence-electron chi connectivity index (χ0n) is 8.54. The van der Waals surface area contributed by atoms with E-state index >= 15 is 0 Å². The summed E-state index contributed by atoms with van der Waals surface area (Å²) < 4.78 is 36.2. The van der Waals surface area contributed by atoms with E-state index in [1.807, 2.05) is 6.92 Å². The van der Waals surface area contributed by atoms with E-state index in [1.54, 1.807) is 13.8 Å². The predicted molar refractivity (Wildman–Crippen MR) is 48.3 cm³/mol. The molecule has 0 spiro atoms. The van der Waals surface area contributed by atoms with Crippen molar-refractivity contribution in [2.45, 2.75) is 52.6 Å². The van der Waals surface area contributed by atoms with Crippen molar-refractivity contribution in [3.8, 4) is 0 Å². The van der Waals surface area contributed by atoms with E-state index in [1.165, 1.54) is 0 Å². The van der Waals surface area contributed by atoms with E-state index in [9.17, 15) is 13.2 Å². The van der Waals surface area contributed by atoms with Crippen LogP contribution < -0.4 is 0 Å². The summed E-state index contributed by atoms with van der Waals surface area (Å²) in [7, 11) is 0. The van der Waals surface area contributed by atoms with Gasteiger partial charge in [0, 0.05) is 6.42 Å². The van der Waals surface area contributed by atoms with Crippen LogP contribution in [0.2, 0.25) is 0 Å². The van der Waals surface area contributed by atoms with Gasteiger partial charge in [-0.2, -0.15) is 13.2 Å². The molecular weight excluding hydrogens is 177 g/mol. The summed E-state index contributed by atoms with van der Waals surface area (Å²) in [6, 6.07) is 0. The van der Waals surface area contributed by atoms with Crippen molar-refractivity contribution >= 4 is 0 Å². The number of rotatable bonds is 5. The van der Waals surface area contributed by atoms with Crippen LogP contribution in [0.5, 0.6) is 0 Å². The standard InChI is InChI=1S/C10H18F3/c1-4-5-6-9(8(2)3)7-10(11,12)13/h9H,4-7H2,1-3H3. The zero-order chi connectivity index (χ0) is 10.5. The van der Waals surface area contributed by atoms with Gasteiger partial charge in [0.25, 0.3) is 0 Å². The van der Waals surface area contributed by atoms with Crippen LogP contribution in [0.4, 0.5) is 13.2 Å². The Morgan fingerprint density at radius 1 is 1.23 bits per heavy atom. The number of hydrogen-bond donors (Lipinski definition) is 0. The highest BCUT2D eigenvalue weighted by Gasteiger charge is 2.32. The van der Waals surface area contributed by atoms with Crippen molar-refractivity contribution in [3.05, 3.63) is 5.92 Å². The second-order valence-electron chi connectivity index (χ2n) is 3.74. The second-order valence-corrected chi connectivity index (χ2v) is 3.74. The summed E-state index contributed by atoms with van der Waals surface area (Å²) in [6.07, 6.45) is -2.17. The molecule has 0 saturated heterocycles. The summed E-state index contributed by atoms with van der Waals surface area (Å²) in [4.78, 5) is 0. The lowest BCUT2D eigenvalue weighted by Crippen LogP contribution is -2.18. The molecule has 1 atom stereocenters. The molecule has 0 N–H and O–H groups in total. The third-order valence-corrected chi connectivity index (χ3v) is 2.20. The van der Waals surface area contributed by atoms with Gasteiger partial charge in [0.05, 0.1) is 0 Å². The fraction of sp³-hybridized carbons (Fsp3) is 0.900. The van der Waals surface area contributed by atoms with E-state index in [0.29, 0.717) is 6.42 Å². The molecule has 0 bridgehead atoms. The minimum atomic E-state index is -4.02. The molecule has 0 saturated carbocycles. The molecule has 0 aliphatic heterocycles. The molecule has 0 fully saturated rings. The van der Waals surface area contributed by atoms with Crippen LogP contribution in [-0.4, -0.2) is 6.18 Å². The van der Waals surface area contributed by atoms with Crippen molar-refractivity contribution in [2.24, 2.45) is 5.92 Å². The quantitative estimate of drug-likeness (QED) is 0.611. The Bertz CT molecular complexity index is 127. The van der Waals surface area contributed by atoms with Crippen molar-refractivity contribution in [2.75, 3.05) is 0 Å². The molecule has 0 aliphatic rings. The third kappa shape index (κ3) is 6.91. The van der Waals surface area contributed by atoms with Crippen LogP contribution in [0.25, 0.3) is 0 Å². The average Bonchev–Trinajstić information content (AvgIpc) is 1.95. The molecule has 13 heavy (non-hydrogen) atoms. The molecule has 0 nitrogen and oxygen atoms in total. The molecule has 0 aromatic carbocycles. The van der Waals surface area contributed by atoms with Crippen molar-refractivity contribution in [3.63, 3.8) is 0 Å². The topological polar surface area (TPSA) is 0 Å². The highest BCUT2D eigenvalue weighted by Crippen LogP contribution is 2.32. The maximum Gasteiger partial charge on any atom is 0.389 e. The van der Waals surface area contributed by atoms with E-state index in [2.05, 4.69) is 0 Å². The van der Waals surface area contributed by atoms with E-state index < -0.39 is 12.6 Å². The van der Waals surface area contributed by atoms with Gasteiger partial charge in [0.2, 0.25) is 0 Å². The fourth-order valence-corrected chi connectivity index (χ4v) is 1.32. The summed E-state index contributed by atoms with van der Waals surface area (Å²) in [6.45, 7) is 5.56. The first-order chi connectivity index (χ1) is 5.87. The van der Waals surface area contributed by atoms with E-state index in [4.69, 9.17) is 0 Å². The van der Waals surface area contributed by atoms with E-state index in [-0.39, 0.29) is 5.92 Å². The highest BCUT2D eigenvalue weighted by molar-refractivity contribution is 4.88. The first-order valence-electron chi connectivity index (χ1n) is 4.73. The van der Waals surface area contributed by atoms with Gasteiger partial charge < -0.3 is 0 Å². The Morgan fingerprint density at radius 2 is 1.77 bits per heavy atom. The molecule has 1 unspecified atom stereocenters. The minimum absolute atomic E-state index is 0.278. The lowest BCUT2D eigenvalue weighted by molar-refractivity contribution is -0.143. The molecule has 0 aliphatic carbocycles. The zero-order valence-corrected chi connectivity index (χ0v) is 8.54. The SMILES string of the molecule is CCCCC(CC(F)(F)F)[C](C)C. The number of unbranched alkanes of at least 4 members (excludes halogenated alkanes) is 1. The smallest absolute Gasteiger partial charge is 0.171 e. The fourth-order valence-electron chi connectivity index (χ4n) is 1.32. The summed E-state index contributed by atoms with van der Waals surface area (Å²) in [5.41, 5.74) is 0. The Hall–Kier alpha value is -0.210. The molecule has 0 amide bonds. The third-order valence-electron chi connectivity index (χ3n) is 2.20. The largest absolute Gasteiger partial charge is 0.389 e. The Labute approximate surface area is 78.5 Å². The Morgan fingerprint density at radius 3 is 2.08 bits per heavy atom. The minimum Gasteiger partial charge on any atom is -0.171 e. The number of halogens is 3. The maximum absolute atomic E-state index is 12.1. The van der Waals surface area contributed by atoms with Gasteiger partial charge >= 0.3 is 6.18 Å². The number of alkyl halides is 3. The van der Waals surface area contributed by atoms with Crippen LogP contribution in [0.15, 0.2) is 0 Å². The van der Waals surface area contributed by atoms with E-state index in [0.717, 1.165) is 18.8 Å². The van der Waals surface area contributed by atoms with Crippen LogP contribution in [0.1, 0.15) is 46.5 Å². The normalized spacial score (nSPS) is 15.0. The van der Waals surface area contributed by atoms with Gasteiger partial charge in [-0.1, -0.05) is 33.6 Å². The van der Waals surface area contributed by atoms with Crippen molar-refractivity contribution < 1.29 is 13.2 Å². The molecule has 3 heteroatoms. The molecule has 0 heterocycles. The summed E-state index contributed by atoms with van der Waals surface area (Å²) >= 11 is 0. The predicted octanol–water partition coefficient (Wildman–Crippen LogP) is 4.36. The molecular formula is C10H18F3. The molecule has 0 rings (SSSR count). The molecule has 1 radical (unpaired) electrons. The Balaban J connectivity index is 3.95. The monoisotopic (exact) mass is 195 g/mol. The summed E-state index contributed by atoms with van der Waals surface area (Å²) in [5, 5.41) is 0. The van der Waals surface area contributed by atoms with Crippen LogP contribution >= 0.6 is 0 Å². The molecule has 0 aromatic heterocycles. The van der Waals surface area contributed by atoms with Gasteiger partial charge in [-0.25, -0.2) is 0 Å². The highest BCUT2D eigenvalue weighted by atomic mass is 19.4. The molecule has 0 aromatic rings. The average molecular weight is 195 g/mol. The van der Waals surface area contributed by atoms with Crippen LogP contribution in [0, 0.1) is 11.8 Å². The molecule has 79 valence electrons. The number of hydrogen-bond acceptors (Lipinski definition) is 0. The maximum atomic E-state index is 12.1. The van der Waals surface area contributed by atoms with Crippen LogP contribution in [-0.2, 0) is 0 Å².